The van der Waals surface area contributed by atoms with Crippen molar-refractivity contribution in [2.45, 2.75) is 6.42 Å². The fourth-order valence-electron chi connectivity index (χ4n) is 2.51. The summed E-state index contributed by atoms with van der Waals surface area (Å²) in [5.41, 5.74) is 1.14. The molecule has 2 aromatic carbocycles. The van der Waals surface area contributed by atoms with Crippen molar-refractivity contribution in [3.05, 3.63) is 65.2 Å². The minimum Gasteiger partial charge on any atom is -0.508 e. The molecule has 24 heavy (non-hydrogen) atoms. The highest BCUT2D eigenvalue weighted by molar-refractivity contribution is 6.21. The van der Waals surface area contributed by atoms with Gasteiger partial charge in [-0.25, -0.2) is 4.79 Å². The van der Waals surface area contributed by atoms with Crippen molar-refractivity contribution in [2.24, 2.45) is 0 Å². The molecule has 1 N–H and O–H groups in total. The molecule has 0 saturated heterocycles. The van der Waals surface area contributed by atoms with Gasteiger partial charge in [0.25, 0.3) is 11.8 Å². The average Bonchev–Trinajstić information content (AvgIpc) is 2.84. The lowest BCUT2D eigenvalue weighted by Crippen LogP contribution is -2.31. The third-order valence-electron chi connectivity index (χ3n) is 3.74. The van der Waals surface area contributed by atoms with Gasteiger partial charge in [0.15, 0.2) is 0 Å². The highest BCUT2D eigenvalue weighted by Crippen LogP contribution is 2.22. The lowest BCUT2D eigenvalue weighted by molar-refractivity contribution is 0.0482. The number of benzene rings is 2. The van der Waals surface area contributed by atoms with Crippen LogP contribution < -0.4 is 0 Å². The van der Waals surface area contributed by atoms with Gasteiger partial charge in [0.1, 0.15) is 5.75 Å². The van der Waals surface area contributed by atoms with Gasteiger partial charge in [-0.3, -0.25) is 14.5 Å². The van der Waals surface area contributed by atoms with Crippen LogP contribution in [0.15, 0.2) is 48.5 Å². The zero-order valence-corrected chi connectivity index (χ0v) is 12.8. The Labute approximate surface area is 138 Å². The molecule has 0 aromatic heterocycles. The first-order valence-electron chi connectivity index (χ1n) is 7.49. The number of ether oxygens (including phenoxy) is 1. The van der Waals surface area contributed by atoms with Crippen LogP contribution >= 0.6 is 0 Å². The second kappa shape index (κ2) is 6.54. The fourth-order valence-corrected chi connectivity index (χ4v) is 2.51. The minimum absolute atomic E-state index is 0.0668. The number of aromatic hydroxyl groups is 1. The molecule has 0 fully saturated rings. The van der Waals surface area contributed by atoms with Crippen LogP contribution in [0.1, 0.15) is 37.5 Å². The number of amides is 2. The highest BCUT2D eigenvalue weighted by Gasteiger charge is 2.34. The van der Waals surface area contributed by atoms with Crippen LogP contribution in [0.4, 0.5) is 0 Å². The Balaban J connectivity index is 1.51. The van der Waals surface area contributed by atoms with Crippen molar-refractivity contribution < 1.29 is 24.2 Å². The number of carbonyl (C=O) groups excluding carboxylic acids is 3. The fraction of sp³-hybridized carbons (Fsp3) is 0.167. The predicted octanol–water partition coefficient (Wildman–Crippen LogP) is 2.24. The first kappa shape index (κ1) is 15.7. The molecular formula is C18H15NO5. The van der Waals surface area contributed by atoms with E-state index in [9.17, 15) is 19.5 Å². The number of imide groups is 1. The van der Waals surface area contributed by atoms with Crippen LogP contribution in [0.2, 0.25) is 0 Å². The van der Waals surface area contributed by atoms with Gasteiger partial charge in [-0.05, 0) is 42.8 Å². The molecule has 2 aromatic rings. The zero-order chi connectivity index (χ0) is 17.1. The number of rotatable bonds is 5. The summed E-state index contributed by atoms with van der Waals surface area (Å²) >= 11 is 0. The van der Waals surface area contributed by atoms with Gasteiger partial charge in [0, 0.05) is 6.54 Å². The first-order valence-corrected chi connectivity index (χ1v) is 7.49. The molecule has 122 valence electrons. The zero-order valence-electron chi connectivity index (χ0n) is 12.8. The molecule has 0 bridgehead atoms. The van der Waals surface area contributed by atoms with Crippen molar-refractivity contribution in [1.82, 2.24) is 4.90 Å². The van der Waals surface area contributed by atoms with E-state index in [1.54, 1.807) is 24.3 Å². The lowest BCUT2D eigenvalue weighted by atomic mass is 10.1. The maximum Gasteiger partial charge on any atom is 0.338 e. The quantitative estimate of drug-likeness (QED) is 0.518. The van der Waals surface area contributed by atoms with Crippen molar-refractivity contribution in [1.29, 1.82) is 0 Å². The van der Waals surface area contributed by atoms with Crippen molar-refractivity contribution >= 4 is 17.8 Å². The second-order valence-corrected chi connectivity index (χ2v) is 5.34. The summed E-state index contributed by atoms with van der Waals surface area (Å²) < 4.78 is 5.11. The second-order valence-electron chi connectivity index (χ2n) is 5.34. The van der Waals surface area contributed by atoms with E-state index in [1.807, 2.05) is 0 Å². The number of esters is 1. The summed E-state index contributed by atoms with van der Waals surface area (Å²) in [7, 11) is 0. The van der Waals surface area contributed by atoms with Crippen molar-refractivity contribution in [2.75, 3.05) is 13.2 Å². The van der Waals surface area contributed by atoms with Crippen molar-refractivity contribution in [3.8, 4) is 5.75 Å². The highest BCUT2D eigenvalue weighted by atomic mass is 16.5. The summed E-state index contributed by atoms with van der Waals surface area (Å²) in [6.07, 6.45) is 0.356. The molecule has 1 aliphatic rings. The van der Waals surface area contributed by atoms with E-state index < -0.39 is 5.97 Å². The topological polar surface area (TPSA) is 83.9 Å². The Hall–Kier alpha value is -3.15. The molecule has 3 rings (SSSR count). The van der Waals surface area contributed by atoms with Gasteiger partial charge in [-0.15, -0.1) is 0 Å². The van der Waals surface area contributed by atoms with Crippen molar-refractivity contribution in [3.63, 3.8) is 0 Å². The lowest BCUT2D eigenvalue weighted by Gasteiger charge is -2.13. The normalized spacial score (nSPS) is 13.1. The molecule has 2 amide bonds. The van der Waals surface area contributed by atoms with E-state index in [1.165, 1.54) is 29.2 Å². The molecule has 0 spiro atoms. The third kappa shape index (κ3) is 2.99. The van der Waals surface area contributed by atoms with Gasteiger partial charge in [-0.2, -0.15) is 0 Å². The van der Waals surface area contributed by atoms with E-state index in [0.717, 1.165) is 0 Å². The van der Waals surface area contributed by atoms with E-state index in [-0.39, 0.29) is 30.7 Å². The van der Waals surface area contributed by atoms with Gasteiger partial charge >= 0.3 is 5.97 Å². The maximum absolute atomic E-state index is 12.2. The minimum atomic E-state index is -0.516. The van der Waals surface area contributed by atoms with Crippen LogP contribution in [0.3, 0.4) is 0 Å². The van der Waals surface area contributed by atoms with Crippen LogP contribution in [0.5, 0.6) is 5.75 Å². The summed E-state index contributed by atoms with van der Waals surface area (Å²) in [5.74, 6) is -1.09. The summed E-state index contributed by atoms with van der Waals surface area (Å²) in [5, 5.41) is 9.18. The van der Waals surface area contributed by atoms with E-state index in [4.69, 9.17) is 4.74 Å². The van der Waals surface area contributed by atoms with E-state index in [2.05, 4.69) is 0 Å². The van der Waals surface area contributed by atoms with Gasteiger partial charge in [0.05, 0.1) is 23.3 Å². The number of fused-ring (bicyclic) bond motifs is 1. The maximum atomic E-state index is 12.2. The molecule has 1 aliphatic heterocycles. The Kier molecular flexibility index (Phi) is 4.29. The monoisotopic (exact) mass is 325 g/mol. The number of hydrogen-bond acceptors (Lipinski definition) is 5. The smallest absolute Gasteiger partial charge is 0.338 e. The van der Waals surface area contributed by atoms with Gasteiger partial charge in [0.2, 0.25) is 0 Å². The molecule has 6 nitrogen and oxygen atoms in total. The molecule has 0 radical (unpaired) electrons. The third-order valence-corrected chi connectivity index (χ3v) is 3.74. The van der Waals surface area contributed by atoms with Gasteiger partial charge in [-0.1, -0.05) is 12.1 Å². The Morgan fingerprint density at radius 1 is 0.958 bits per heavy atom. The Morgan fingerprint density at radius 3 is 2.12 bits per heavy atom. The average molecular weight is 325 g/mol. The van der Waals surface area contributed by atoms with E-state index in [0.29, 0.717) is 23.1 Å². The number of carbonyl (C=O) groups is 3. The van der Waals surface area contributed by atoms with Gasteiger partial charge < -0.3 is 9.84 Å². The molecular weight excluding hydrogens is 310 g/mol. The number of nitrogens with zero attached hydrogens (tertiary/aromatic N) is 1. The molecule has 0 saturated carbocycles. The Morgan fingerprint density at radius 2 is 1.54 bits per heavy atom. The van der Waals surface area contributed by atoms with Crippen LogP contribution in [-0.2, 0) is 4.74 Å². The largest absolute Gasteiger partial charge is 0.508 e. The summed E-state index contributed by atoms with van der Waals surface area (Å²) in [6.45, 7) is 0.280. The molecule has 0 atom stereocenters. The standard InChI is InChI=1S/C18H15NO5/c20-13-8-6-12(7-9-13)18(23)24-11-3-10-19-16(21)14-4-1-2-5-15(14)17(19)22/h1-2,4-9,20H,3,10-11H2. The molecule has 0 aliphatic carbocycles. The summed E-state index contributed by atoms with van der Waals surface area (Å²) in [6, 6.07) is 12.4. The van der Waals surface area contributed by atoms with Crippen LogP contribution in [0.25, 0.3) is 0 Å². The molecule has 1 heterocycles. The molecule has 0 unspecified atom stereocenters. The number of hydrogen-bond donors (Lipinski definition) is 1. The number of phenolic OH excluding ortho intramolecular Hbond substituents is 1. The van der Waals surface area contributed by atoms with E-state index >= 15 is 0 Å². The molecule has 6 heteroatoms. The Bertz CT molecular complexity index is 762. The number of phenols is 1. The first-order chi connectivity index (χ1) is 11.6. The van der Waals surface area contributed by atoms with Crippen LogP contribution in [0, 0.1) is 0 Å². The predicted molar refractivity (Wildman–Crippen MR) is 84.8 cm³/mol. The summed E-state index contributed by atoms with van der Waals surface area (Å²) in [4.78, 5) is 37.3. The SMILES string of the molecule is O=C(OCCCN1C(=O)c2ccccc2C1=O)c1ccc(O)cc1. The van der Waals surface area contributed by atoms with Crippen LogP contribution in [-0.4, -0.2) is 40.9 Å².